The number of likely N-dealkylation sites (N-methyl/N-ethyl adjacent to an activating group) is 1. The van der Waals surface area contributed by atoms with E-state index in [1.807, 2.05) is 30.3 Å². The molecule has 0 saturated heterocycles. The van der Waals surface area contributed by atoms with Crippen molar-refractivity contribution in [2.24, 2.45) is 0 Å². The Labute approximate surface area is 166 Å². The lowest BCUT2D eigenvalue weighted by Crippen LogP contribution is -2.47. The number of carbonyl (C=O) groups is 1. The second kappa shape index (κ2) is 14.6. The summed E-state index contributed by atoms with van der Waals surface area (Å²) in [6.45, 7) is 8.91. The van der Waals surface area contributed by atoms with E-state index in [0.717, 1.165) is 31.5 Å². The van der Waals surface area contributed by atoms with Gasteiger partial charge in [0.05, 0.1) is 6.04 Å². The first-order chi connectivity index (χ1) is 13.1. The molecule has 0 bridgehead atoms. The van der Waals surface area contributed by atoms with E-state index in [9.17, 15) is 9.90 Å². The lowest BCUT2D eigenvalue weighted by Gasteiger charge is -2.30. The van der Waals surface area contributed by atoms with E-state index in [4.69, 9.17) is 0 Å². The molecule has 0 spiro atoms. The van der Waals surface area contributed by atoms with Gasteiger partial charge in [0.15, 0.2) is 0 Å². The number of aliphatic hydroxyl groups excluding tert-OH is 1. The molecule has 2 unspecified atom stereocenters. The molecule has 1 rings (SSSR count). The van der Waals surface area contributed by atoms with Crippen molar-refractivity contribution in [2.45, 2.75) is 84.3 Å². The van der Waals surface area contributed by atoms with Gasteiger partial charge in [-0.25, -0.2) is 0 Å². The molecule has 0 aliphatic heterocycles. The van der Waals surface area contributed by atoms with Crippen molar-refractivity contribution in [1.82, 2.24) is 10.2 Å². The number of hydrogen-bond acceptors (Lipinski definition) is 3. The highest BCUT2D eigenvalue weighted by Gasteiger charge is 2.24. The smallest absolute Gasteiger partial charge is 0.220 e. The van der Waals surface area contributed by atoms with Gasteiger partial charge < -0.3 is 15.3 Å². The summed E-state index contributed by atoms with van der Waals surface area (Å²) in [7, 11) is 0. The Morgan fingerprint density at radius 2 is 1.56 bits per heavy atom. The molecular weight excluding hydrogens is 336 g/mol. The number of rotatable bonds is 15. The molecule has 0 heterocycles. The third kappa shape index (κ3) is 9.92. The van der Waals surface area contributed by atoms with Crippen LogP contribution < -0.4 is 5.32 Å². The van der Waals surface area contributed by atoms with E-state index in [1.165, 1.54) is 32.1 Å². The fourth-order valence-electron chi connectivity index (χ4n) is 3.39. The van der Waals surface area contributed by atoms with Gasteiger partial charge in [0.25, 0.3) is 0 Å². The summed E-state index contributed by atoms with van der Waals surface area (Å²) < 4.78 is 0. The van der Waals surface area contributed by atoms with Crippen LogP contribution in [0, 0.1) is 0 Å². The molecule has 1 aromatic rings. The topological polar surface area (TPSA) is 52.6 Å². The Morgan fingerprint density at radius 3 is 2.15 bits per heavy atom. The zero-order valence-corrected chi connectivity index (χ0v) is 17.6. The Bertz CT molecular complexity index is 488. The minimum Gasteiger partial charge on any atom is -0.386 e. The Hall–Kier alpha value is -1.39. The SMILES string of the molecule is CCCCCCCCCC(=O)NC(CN(CC)CC)C(O)c1ccccc1. The van der Waals surface area contributed by atoms with Gasteiger partial charge in [-0.15, -0.1) is 0 Å². The van der Waals surface area contributed by atoms with Crippen LogP contribution in [-0.2, 0) is 4.79 Å². The van der Waals surface area contributed by atoms with Gasteiger partial charge in [0.2, 0.25) is 5.91 Å². The Morgan fingerprint density at radius 1 is 0.963 bits per heavy atom. The fraction of sp³-hybridized carbons (Fsp3) is 0.696. The average Bonchev–Trinajstić information content (AvgIpc) is 2.70. The van der Waals surface area contributed by atoms with Crippen LogP contribution in [0.25, 0.3) is 0 Å². The molecule has 0 aliphatic rings. The van der Waals surface area contributed by atoms with Crippen molar-refractivity contribution in [3.05, 3.63) is 35.9 Å². The van der Waals surface area contributed by atoms with E-state index in [2.05, 4.69) is 31.0 Å². The maximum Gasteiger partial charge on any atom is 0.220 e. The first-order valence-corrected chi connectivity index (χ1v) is 10.9. The number of unbranched alkanes of at least 4 members (excludes halogenated alkanes) is 6. The molecular formula is C23H40N2O2. The molecule has 2 atom stereocenters. The van der Waals surface area contributed by atoms with Crippen molar-refractivity contribution in [2.75, 3.05) is 19.6 Å². The van der Waals surface area contributed by atoms with Crippen LogP contribution >= 0.6 is 0 Å². The number of nitrogens with one attached hydrogen (secondary N) is 1. The third-order valence-electron chi connectivity index (χ3n) is 5.23. The van der Waals surface area contributed by atoms with Gasteiger partial charge in [-0.3, -0.25) is 4.79 Å². The van der Waals surface area contributed by atoms with Gasteiger partial charge in [-0.05, 0) is 25.1 Å². The average molecular weight is 377 g/mol. The predicted octanol–water partition coefficient (Wildman–Crippen LogP) is 4.69. The second-order valence-corrected chi connectivity index (χ2v) is 7.39. The third-order valence-corrected chi connectivity index (χ3v) is 5.23. The van der Waals surface area contributed by atoms with Crippen LogP contribution in [0.2, 0.25) is 0 Å². The summed E-state index contributed by atoms with van der Waals surface area (Å²) >= 11 is 0. The lowest BCUT2D eigenvalue weighted by molar-refractivity contribution is -0.123. The molecule has 0 saturated carbocycles. The molecule has 4 heteroatoms. The zero-order chi connectivity index (χ0) is 19.9. The largest absolute Gasteiger partial charge is 0.386 e. The van der Waals surface area contributed by atoms with E-state index in [-0.39, 0.29) is 11.9 Å². The molecule has 4 nitrogen and oxygen atoms in total. The minimum atomic E-state index is -0.690. The highest BCUT2D eigenvalue weighted by Crippen LogP contribution is 2.18. The lowest BCUT2D eigenvalue weighted by atomic mass is 10.0. The maximum absolute atomic E-state index is 12.4. The Balaban J connectivity index is 2.51. The number of aliphatic hydroxyl groups is 1. The molecule has 154 valence electrons. The Kier molecular flexibility index (Phi) is 12.8. The zero-order valence-electron chi connectivity index (χ0n) is 17.6. The van der Waals surface area contributed by atoms with Gasteiger partial charge in [-0.2, -0.15) is 0 Å². The minimum absolute atomic E-state index is 0.0516. The number of carbonyl (C=O) groups excluding carboxylic acids is 1. The van der Waals surface area contributed by atoms with E-state index < -0.39 is 6.10 Å². The highest BCUT2D eigenvalue weighted by atomic mass is 16.3. The number of nitrogens with zero attached hydrogens (tertiary/aromatic N) is 1. The van der Waals surface area contributed by atoms with E-state index in [1.54, 1.807) is 0 Å². The van der Waals surface area contributed by atoms with Crippen LogP contribution in [-0.4, -0.2) is 41.6 Å². The summed E-state index contributed by atoms with van der Waals surface area (Å²) in [6, 6.07) is 9.34. The maximum atomic E-state index is 12.4. The number of benzene rings is 1. The van der Waals surface area contributed by atoms with Crippen LogP contribution in [0.5, 0.6) is 0 Å². The standard InChI is InChI=1S/C23H40N2O2/c1-4-7-8-9-10-11-15-18-22(26)24-21(19-25(5-2)6-3)23(27)20-16-13-12-14-17-20/h12-14,16-17,21,23,27H,4-11,15,18-19H2,1-3H3,(H,24,26). The van der Waals surface area contributed by atoms with Crippen LogP contribution in [0.4, 0.5) is 0 Å². The summed E-state index contributed by atoms with van der Waals surface area (Å²) in [4.78, 5) is 14.7. The molecule has 2 N–H and O–H groups in total. The van der Waals surface area contributed by atoms with Gasteiger partial charge in [0, 0.05) is 13.0 Å². The van der Waals surface area contributed by atoms with E-state index >= 15 is 0 Å². The van der Waals surface area contributed by atoms with Gasteiger partial charge >= 0.3 is 0 Å². The molecule has 0 aromatic heterocycles. The molecule has 0 aliphatic carbocycles. The van der Waals surface area contributed by atoms with Crippen LogP contribution in [0.3, 0.4) is 0 Å². The number of hydrogen-bond donors (Lipinski definition) is 2. The predicted molar refractivity (Wildman–Crippen MR) is 114 cm³/mol. The van der Waals surface area contributed by atoms with Crippen molar-refractivity contribution >= 4 is 5.91 Å². The van der Waals surface area contributed by atoms with Crippen LogP contribution in [0.1, 0.15) is 83.8 Å². The van der Waals surface area contributed by atoms with Gasteiger partial charge in [0.1, 0.15) is 6.10 Å². The molecule has 0 radical (unpaired) electrons. The van der Waals surface area contributed by atoms with E-state index in [0.29, 0.717) is 13.0 Å². The first kappa shape index (κ1) is 23.6. The van der Waals surface area contributed by atoms with Crippen LogP contribution in [0.15, 0.2) is 30.3 Å². The molecule has 1 amide bonds. The van der Waals surface area contributed by atoms with Crippen molar-refractivity contribution in [1.29, 1.82) is 0 Å². The van der Waals surface area contributed by atoms with Gasteiger partial charge in [-0.1, -0.05) is 89.6 Å². The highest BCUT2D eigenvalue weighted by molar-refractivity contribution is 5.76. The van der Waals surface area contributed by atoms with Crippen molar-refractivity contribution < 1.29 is 9.90 Å². The number of amides is 1. The van der Waals surface area contributed by atoms with Crippen molar-refractivity contribution in [3.8, 4) is 0 Å². The normalized spacial score (nSPS) is 13.5. The molecule has 1 aromatic carbocycles. The first-order valence-electron chi connectivity index (χ1n) is 10.9. The molecule has 0 fully saturated rings. The second-order valence-electron chi connectivity index (χ2n) is 7.39. The molecule has 27 heavy (non-hydrogen) atoms. The fourth-order valence-corrected chi connectivity index (χ4v) is 3.39. The summed E-state index contributed by atoms with van der Waals surface area (Å²) in [6.07, 6.45) is 8.25. The quantitative estimate of drug-likeness (QED) is 0.437. The monoisotopic (exact) mass is 376 g/mol. The summed E-state index contributed by atoms with van der Waals surface area (Å²) in [5.41, 5.74) is 0.853. The summed E-state index contributed by atoms with van der Waals surface area (Å²) in [5.74, 6) is 0.0516. The summed E-state index contributed by atoms with van der Waals surface area (Å²) in [5, 5.41) is 13.9. The van der Waals surface area contributed by atoms with Crippen molar-refractivity contribution in [3.63, 3.8) is 0 Å².